The van der Waals surface area contributed by atoms with E-state index in [0.29, 0.717) is 16.3 Å². The molecule has 0 spiro atoms. The summed E-state index contributed by atoms with van der Waals surface area (Å²) in [5.74, 6) is 0.156. The Labute approximate surface area is 98.9 Å². The number of hydrogen-bond acceptors (Lipinski definition) is 3. The Morgan fingerprint density at radius 2 is 2.12 bits per heavy atom. The van der Waals surface area contributed by atoms with Crippen LogP contribution in [0.2, 0.25) is 0 Å². The van der Waals surface area contributed by atoms with Crippen LogP contribution in [-0.2, 0) is 0 Å². The van der Waals surface area contributed by atoms with E-state index < -0.39 is 0 Å². The standard InChI is InChI=1S/C13H13N3O/c1-7(2)12-11-9(13(17)16-15-12)5-4-8(3)10(11)6-14/h4-5,7H,1-3H3,(H,16,17). The largest absolute Gasteiger partial charge is 0.272 e. The van der Waals surface area contributed by atoms with Gasteiger partial charge < -0.3 is 0 Å². The molecule has 0 aliphatic rings. The summed E-state index contributed by atoms with van der Waals surface area (Å²) in [6, 6.07) is 5.71. The highest BCUT2D eigenvalue weighted by Gasteiger charge is 2.14. The van der Waals surface area contributed by atoms with Crippen molar-refractivity contribution in [1.29, 1.82) is 5.26 Å². The van der Waals surface area contributed by atoms with Gasteiger partial charge in [-0.1, -0.05) is 19.9 Å². The number of rotatable bonds is 1. The number of benzene rings is 1. The number of hydrogen-bond donors (Lipinski definition) is 1. The summed E-state index contributed by atoms with van der Waals surface area (Å²) in [5.41, 5.74) is 1.93. The minimum Gasteiger partial charge on any atom is -0.267 e. The number of aromatic amines is 1. The highest BCUT2D eigenvalue weighted by molar-refractivity contribution is 5.90. The third kappa shape index (κ3) is 1.70. The monoisotopic (exact) mass is 227 g/mol. The highest BCUT2D eigenvalue weighted by atomic mass is 16.1. The van der Waals surface area contributed by atoms with E-state index in [4.69, 9.17) is 0 Å². The Hall–Kier alpha value is -2.15. The van der Waals surface area contributed by atoms with Gasteiger partial charge in [-0.2, -0.15) is 10.4 Å². The molecule has 0 fully saturated rings. The van der Waals surface area contributed by atoms with Crippen molar-refractivity contribution >= 4 is 10.8 Å². The van der Waals surface area contributed by atoms with Crippen molar-refractivity contribution in [1.82, 2.24) is 10.2 Å². The molecule has 1 aromatic carbocycles. The molecule has 2 aromatic rings. The summed E-state index contributed by atoms with van der Waals surface area (Å²) in [6.45, 7) is 5.84. The molecule has 0 radical (unpaired) electrons. The number of H-pyrrole nitrogens is 1. The van der Waals surface area contributed by atoms with E-state index in [-0.39, 0.29) is 11.5 Å². The highest BCUT2D eigenvalue weighted by Crippen LogP contribution is 2.25. The first kappa shape index (κ1) is 11.3. The normalized spacial score (nSPS) is 10.8. The van der Waals surface area contributed by atoms with E-state index in [1.807, 2.05) is 20.8 Å². The van der Waals surface area contributed by atoms with E-state index in [1.165, 1.54) is 0 Å². The van der Waals surface area contributed by atoms with Crippen LogP contribution < -0.4 is 5.56 Å². The molecular weight excluding hydrogens is 214 g/mol. The van der Waals surface area contributed by atoms with Crippen molar-refractivity contribution in [2.45, 2.75) is 26.7 Å². The summed E-state index contributed by atoms with van der Waals surface area (Å²) < 4.78 is 0. The van der Waals surface area contributed by atoms with Gasteiger partial charge in [0, 0.05) is 5.39 Å². The zero-order chi connectivity index (χ0) is 12.6. The summed E-state index contributed by atoms with van der Waals surface area (Å²) in [4.78, 5) is 11.7. The third-order valence-electron chi connectivity index (χ3n) is 2.85. The van der Waals surface area contributed by atoms with Crippen LogP contribution in [0.15, 0.2) is 16.9 Å². The molecule has 1 heterocycles. The molecule has 0 unspecified atom stereocenters. The first-order valence-corrected chi connectivity index (χ1v) is 5.48. The minimum atomic E-state index is -0.249. The van der Waals surface area contributed by atoms with Crippen LogP contribution in [0, 0.1) is 18.3 Å². The van der Waals surface area contributed by atoms with Crippen molar-refractivity contribution in [2.75, 3.05) is 0 Å². The van der Waals surface area contributed by atoms with Gasteiger partial charge in [0.15, 0.2) is 0 Å². The van der Waals surface area contributed by atoms with Gasteiger partial charge in [-0.15, -0.1) is 0 Å². The minimum absolute atomic E-state index is 0.156. The van der Waals surface area contributed by atoms with Gasteiger partial charge in [0.1, 0.15) is 6.07 Å². The fraction of sp³-hybridized carbons (Fsp3) is 0.308. The van der Waals surface area contributed by atoms with Crippen LogP contribution in [0.4, 0.5) is 0 Å². The van der Waals surface area contributed by atoms with Crippen LogP contribution in [-0.4, -0.2) is 10.2 Å². The molecule has 0 aliphatic heterocycles. The van der Waals surface area contributed by atoms with Crippen LogP contribution >= 0.6 is 0 Å². The fourth-order valence-electron chi connectivity index (χ4n) is 1.95. The number of aromatic nitrogens is 2. The average molecular weight is 227 g/mol. The van der Waals surface area contributed by atoms with Crippen molar-refractivity contribution < 1.29 is 0 Å². The zero-order valence-corrected chi connectivity index (χ0v) is 10.0. The molecule has 0 aliphatic carbocycles. The smallest absolute Gasteiger partial charge is 0.267 e. The SMILES string of the molecule is Cc1ccc2c(=O)[nH]nc(C(C)C)c2c1C#N. The van der Waals surface area contributed by atoms with Crippen LogP contribution in [0.25, 0.3) is 10.8 Å². The molecule has 1 N–H and O–H groups in total. The lowest BCUT2D eigenvalue weighted by molar-refractivity contribution is 0.792. The molecule has 0 saturated carbocycles. The second kappa shape index (κ2) is 4.02. The zero-order valence-electron chi connectivity index (χ0n) is 10.0. The molecule has 1 aromatic heterocycles. The molecule has 2 rings (SSSR count). The van der Waals surface area contributed by atoms with E-state index in [1.54, 1.807) is 12.1 Å². The van der Waals surface area contributed by atoms with Gasteiger partial charge >= 0.3 is 0 Å². The quantitative estimate of drug-likeness (QED) is 0.812. The first-order chi connectivity index (χ1) is 8.06. The number of nitrogens with one attached hydrogen (secondary N) is 1. The van der Waals surface area contributed by atoms with Crippen molar-refractivity contribution in [3.63, 3.8) is 0 Å². The third-order valence-corrected chi connectivity index (χ3v) is 2.85. The maximum Gasteiger partial charge on any atom is 0.272 e. The molecular formula is C13H13N3O. The van der Waals surface area contributed by atoms with Crippen molar-refractivity contribution in [2.24, 2.45) is 0 Å². The lowest BCUT2D eigenvalue weighted by atomic mass is 9.96. The molecule has 86 valence electrons. The Morgan fingerprint density at radius 1 is 1.41 bits per heavy atom. The summed E-state index contributed by atoms with van der Waals surface area (Å²) >= 11 is 0. The van der Waals surface area contributed by atoms with E-state index in [2.05, 4.69) is 16.3 Å². The predicted octanol–water partition coefficient (Wildman–Crippen LogP) is 2.23. The summed E-state index contributed by atoms with van der Waals surface area (Å²) in [5, 5.41) is 17.0. The molecule has 4 nitrogen and oxygen atoms in total. The van der Waals surface area contributed by atoms with Crippen molar-refractivity contribution in [3.8, 4) is 6.07 Å². The molecule has 0 amide bonds. The van der Waals surface area contributed by atoms with Gasteiger partial charge in [0.25, 0.3) is 5.56 Å². The van der Waals surface area contributed by atoms with Gasteiger partial charge in [-0.25, -0.2) is 5.10 Å². The van der Waals surface area contributed by atoms with Crippen LogP contribution in [0.1, 0.15) is 36.6 Å². The topological polar surface area (TPSA) is 69.5 Å². The summed E-state index contributed by atoms with van der Waals surface area (Å²) in [6.07, 6.45) is 0. The number of nitriles is 1. The maximum atomic E-state index is 11.7. The van der Waals surface area contributed by atoms with Crippen molar-refractivity contribution in [3.05, 3.63) is 39.3 Å². The fourth-order valence-corrected chi connectivity index (χ4v) is 1.95. The molecule has 4 heteroatoms. The second-order valence-electron chi connectivity index (χ2n) is 4.38. The van der Waals surface area contributed by atoms with E-state index in [9.17, 15) is 10.1 Å². The average Bonchev–Trinajstić information content (AvgIpc) is 2.28. The van der Waals surface area contributed by atoms with Gasteiger partial charge in [-0.3, -0.25) is 4.79 Å². The van der Waals surface area contributed by atoms with Crippen LogP contribution in [0.3, 0.4) is 0 Å². The molecule has 0 atom stereocenters. The number of fused-ring (bicyclic) bond motifs is 1. The Bertz CT molecular complexity index is 677. The Kier molecular flexibility index (Phi) is 2.68. The maximum absolute atomic E-state index is 11.7. The molecule has 0 bridgehead atoms. The number of nitrogens with zero attached hydrogens (tertiary/aromatic N) is 2. The van der Waals surface area contributed by atoms with Gasteiger partial charge in [0.05, 0.1) is 16.6 Å². The predicted molar refractivity (Wildman–Crippen MR) is 65.9 cm³/mol. The van der Waals surface area contributed by atoms with Crippen LogP contribution in [0.5, 0.6) is 0 Å². The van der Waals surface area contributed by atoms with Gasteiger partial charge in [-0.05, 0) is 24.5 Å². The second-order valence-corrected chi connectivity index (χ2v) is 4.38. The first-order valence-electron chi connectivity index (χ1n) is 5.48. The van der Waals surface area contributed by atoms with E-state index >= 15 is 0 Å². The lowest BCUT2D eigenvalue weighted by Gasteiger charge is -2.10. The Balaban J connectivity index is 3.06. The lowest BCUT2D eigenvalue weighted by Crippen LogP contribution is -2.13. The summed E-state index contributed by atoms with van der Waals surface area (Å²) in [7, 11) is 0. The molecule has 17 heavy (non-hydrogen) atoms. The van der Waals surface area contributed by atoms with E-state index in [0.717, 1.165) is 11.3 Å². The molecule has 0 saturated heterocycles. The number of aryl methyl sites for hydroxylation is 1. The Morgan fingerprint density at radius 3 is 2.71 bits per heavy atom. The van der Waals surface area contributed by atoms with Gasteiger partial charge in [0.2, 0.25) is 0 Å².